The molecule has 0 unspecified atom stereocenters. The molecule has 80 valence electrons. The molecule has 15 heavy (non-hydrogen) atoms. The van der Waals surface area contributed by atoms with Crippen LogP contribution in [0.4, 0.5) is 0 Å². The van der Waals surface area contributed by atoms with Crippen molar-refractivity contribution < 1.29 is 0 Å². The molecule has 0 saturated heterocycles. The lowest BCUT2D eigenvalue weighted by Crippen LogP contribution is -2.11. The van der Waals surface area contributed by atoms with Crippen molar-refractivity contribution in [2.24, 2.45) is 5.41 Å². The molecule has 0 aromatic heterocycles. The second-order valence-electron chi connectivity index (χ2n) is 5.07. The predicted molar refractivity (Wildman–Crippen MR) is 63.6 cm³/mol. The number of benzene rings is 1. The van der Waals surface area contributed by atoms with E-state index in [0.717, 1.165) is 6.42 Å². The molecule has 0 N–H and O–H groups in total. The van der Waals surface area contributed by atoms with Gasteiger partial charge in [-0.15, -0.1) is 0 Å². The third kappa shape index (κ3) is 3.40. The molecule has 0 heterocycles. The fourth-order valence-electron chi connectivity index (χ4n) is 1.57. The molecule has 0 bridgehead atoms. The molecule has 1 nitrogen and oxygen atoms in total. The summed E-state index contributed by atoms with van der Waals surface area (Å²) in [4.78, 5) is 0. The molecule has 0 radical (unpaired) electrons. The second kappa shape index (κ2) is 4.49. The van der Waals surface area contributed by atoms with Crippen LogP contribution in [0.5, 0.6) is 0 Å². The Kier molecular flexibility index (Phi) is 3.52. The van der Waals surface area contributed by atoms with E-state index in [1.54, 1.807) is 0 Å². The predicted octanol–water partition coefficient (Wildman–Crippen LogP) is 3.90. The van der Waals surface area contributed by atoms with Gasteiger partial charge in [-0.05, 0) is 37.3 Å². The molecular formula is C14H19N. The van der Waals surface area contributed by atoms with Gasteiger partial charge < -0.3 is 0 Å². The molecule has 0 fully saturated rings. The molecule has 1 aromatic carbocycles. The Morgan fingerprint density at radius 2 is 1.73 bits per heavy atom. The molecule has 1 aromatic rings. The van der Waals surface area contributed by atoms with Gasteiger partial charge in [-0.2, -0.15) is 5.26 Å². The van der Waals surface area contributed by atoms with Crippen molar-refractivity contribution in [2.75, 3.05) is 0 Å². The summed E-state index contributed by atoms with van der Waals surface area (Å²) in [5, 5.41) is 8.95. The number of hydrogen-bond acceptors (Lipinski definition) is 1. The summed E-state index contributed by atoms with van der Waals surface area (Å²) in [5.74, 6) is 0.572. The van der Waals surface area contributed by atoms with Gasteiger partial charge in [0.1, 0.15) is 0 Å². The summed E-state index contributed by atoms with van der Waals surface area (Å²) in [6.07, 6.45) is 0.821. The van der Waals surface area contributed by atoms with Crippen LogP contribution in [-0.2, 0) is 6.42 Å². The maximum absolute atomic E-state index is 8.95. The SMILES string of the molecule is CC(C)c1ccc(CC(C)(C)C#N)cc1. The van der Waals surface area contributed by atoms with Crippen LogP contribution in [0.15, 0.2) is 24.3 Å². The van der Waals surface area contributed by atoms with Gasteiger partial charge in [-0.25, -0.2) is 0 Å². The lowest BCUT2D eigenvalue weighted by Gasteiger charge is -2.15. The highest BCUT2D eigenvalue weighted by Gasteiger charge is 2.17. The first-order valence-corrected chi connectivity index (χ1v) is 5.45. The topological polar surface area (TPSA) is 23.8 Å². The van der Waals surface area contributed by atoms with Gasteiger partial charge in [-0.3, -0.25) is 0 Å². The van der Waals surface area contributed by atoms with Crippen molar-refractivity contribution in [1.29, 1.82) is 5.26 Å². The van der Waals surface area contributed by atoms with E-state index in [2.05, 4.69) is 44.2 Å². The van der Waals surface area contributed by atoms with Gasteiger partial charge in [0.15, 0.2) is 0 Å². The van der Waals surface area contributed by atoms with E-state index in [0.29, 0.717) is 5.92 Å². The summed E-state index contributed by atoms with van der Waals surface area (Å²) in [6, 6.07) is 10.9. The molecule has 0 atom stereocenters. The third-order valence-corrected chi connectivity index (χ3v) is 2.60. The zero-order chi connectivity index (χ0) is 11.5. The molecular weight excluding hydrogens is 182 g/mol. The van der Waals surface area contributed by atoms with Crippen molar-refractivity contribution in [3.05, 3.63) is 35.4 Å². The highest BCUT2D eigenvalue weighted by Crippen LogP contribution is 2.22. The Balaban J connectivity index is 2.78. The van der Waals surface area contributed by atoms with Gasteiger partial charge in [0.25, 0.3) is 0 Å². The monoisotopic (exact) mass is 201 g/mol. The summed E-state index contributed by atoms with van der Waals surface area (Å²) >= 11 is 0. The third-order valence-electron chi connectivity index (χ3n) is 2.60. The van der Waals surface area contributed by atoms with E-state index >= 15 is 0 Å². The summed E-state index contributed by atoms with van der Waals surface area (Å²) in [7, 11) is 0. The van der Waals surface area contributed by atoms with E-state index in [-0.39, 0.29) is 5.41 Å². The number of rotatable bonds is 3. The van der Waals surface area contributed by atoms with Crippen molar-refractivity contribution in [2.45, 2.75) is 40.0 Å². The minimum Gasteiger partial charge on any atom is -0.198 e. The standard InChI is InChI=1S/C14H19N/c1-11(2)13-7-5-12(6-8-13)9-14(3,4)10-15/h5-8,11H,9H2,1-4H3. The van der Waals surface area contributed by atoms with Crippen LogP contribution in [0.25, 0.3) is 0 Å². The highest BCUT2D eigenvalue weighted by atomic mass is 14.3. The van der Waals surface area contributed by atoms with Crippen LogP contribution >= 0.6 is 0 Å². The van der Waals surface area contributed by atoms with Crippen LogP contribution in [0.2, 0.25) is 0 Å². The molecule has 1 rings (SSSR count). The van der Waals surface area contributed by atoms with Gasteiger partial charge in [0, 0.05) is 0 Å². The van der Waals surface area contributed by atoms with Gasteiger partial charge in [0.05, 0.1) is 11.5 Å². The Labute approximate surface area is 92.7 Å². The van der Waals surface area contributed by atoms with Crippen LogP contribution in [-0.4, -0.2) is 0 Å². The minimum absolute atomic E-state index is 0.265. The summed E-state index contributed by atoms with van der Waals surface area (Å²) in [6.45, 7) is 8.33. The smallest absolute Gasteiger partial charge is 0.0687 e. The Morgan fingerprint density at radius 1 is 1.20 bits per heavy atom. The first-order chi connectivity index (χ1) is 6.94. The van der Waals surface area contributed by atoms with E-state index in [9.17, 15) is 0 Å². The minimum atomic E-state index is -0.265. The van der Waals surface area contributed by atoms with Crippen molar-refractivity contribution in [3.63, 3.8) is 0 Å². The van der Waals surface area contributed by atoms with Crippen LogP contribution in [0.1, 0.15) is 44.7 Å². The van der Waals surface area contributed by atoms with E-state index in [4.69, 9.17) is 5.26 Å². The molecule has 0 amide bonds. The number of nitriles is 1. The molecule has 0 saturated carbocycles. The van der Waals surface area contributed by atoms with E-state index in [1.807, 2.05) is 13.8 Å². The maximum atomic E-state index is 8.95. The molecule has 0 aliphatic rings. The summed E-state index contributed by atoms with van der Waals surface area (Å²) < 4.78 is 0. The zero-order valence-electron chi connectivity index (χ0n) is 10.0. The second-order valence-corrected chi connectivity index (χ2v) is 5.07. The first-order valence-electron chi connectivity index (χ1n) is 5.45. The summed E-state index contributed by atoms with van der Waals surface area (Å²) in [5.41, 5.74) is 2.33. The van der Waals surface area contributed by atoms with Crippen LogP contribution in [0.3, 0.4) is 0 Å². The quantitative estimate of drug-likeness (QED) is 0.727. The Morgan fingerprint density at radius 3 is 2.13 bits per heavy atom. The Hall–Kier alpha value is -1.29. The lowest BCUT2D eigenvalue weighted by molar-refractivity contribution is 0.493. The van der Waals surface area contributed by atoms with Crippen molar-refractivity contribution in [3.8, 4) is 6.07 Å². The lowest BCUT2D eigenvalue weighted by atomic mass is 9.87. The first kappa shape index (κ1) is 11.8. The zero-order valence-corrected chi connectivity index (χ0v) is 10.0. The normalized spacial score (nSPS) is 11.5. The molecule has 0 aliphatic carbocycles. The maximum Gasteiger partial charge on any atom is 0.0687 e. The highest BCUT2D eigenvalue weighted by molar-refractivity contribution is 5.26. The number of hydrogen-bond donors (Lipinski definition) is 0. The fourth-order valence-corrected chi connectivity index (χ4v) is 1.57. The van der Waals surface area contributed by atoms with Crippen LogP contribution < -0.4 is 0 Å². The number of nitrogens with zero attached hydrogens (tertiary/aromatic N) is 1. The average molecular weight is 201 g/mol. The average Bonchev–Trinajstić information content (AvgIpc) is 2.18. The van der Waals surface area contributed by atoms with E-state index in [1.165, 1.54) is 11.1 Å². The van der Waals surface area contributed by atoms with Gasteiger partial charge >= 0.3 is 0 Å². The van der Waals surface area contributed by atoms with Crippen LogP contribution in [0, 0.1) is 16.7 Å². The molecule has 0 spiro atoms. The largest absolute Gasteiger partial charge is 0.198 e. The molecule has 0 aliphatic heterocycles. The van der Waals surface area contributed by atoms with E-state index < -0.39 is 0 Å². The Bertz CT molecular complexity index is 352. The molecule has 1 heteroatoms. The van der Waals surface area contributed by atoms with Gasteiger partial charge in [0.2, 0.25) is 0 Å². The van der Waals surface area contributed by atoms with Crippen molar-refractivity contribution in [1.82, 2.24) is 0 Å². The van der Waals surface area contributed by atoms with Crippen molar-refractivity contribution >= 4 is 0 Å². The van der Waals surface area contributed by atoms with Gasteiger partial charge in [-0.1, -0.05) is 38.1 Å². The fraction of sp³-hybridized carbons (Fsp3) is 0.500.